The average molecular weight is 423 g/mol. The predicted octanol–water partition coefficient (Wildman–Crippen LogP) is 2.18. The van der Waals surface area contributed by atoms with E-state index in [-0.39, 0.29) is 6.54 Å². The molecule has 29 heavy (non-hydrogen) atoms. The molecule has 9 heteroatoms. The van der Waals surface area contributed by atoms with Gasteiger partial charge >= 0.3 is 0 Å². The highest BCUT2D eigenvalue weighted by atomic mass is 32.2. The minimum Gasteiger partial charge on any atom is -0.497 e. The number of hydrogen-bond donors (Lipinski definition) is 1. The van der Waals surface area contributed by atoms with Crippen LogP contribution in [0.2, 0.25) is 0 Å². The Morgan fingerprint density at radius 3 is 2.14 bits per heavy atom. The van der Waals surface area contributed by atoms with E-state index in [0.717, 1.165) is 16.1 Å². The van der Waals surface area contributed by atoms with Gasteiger partial charge < -0.3 is 19.5 Å². The first-order valence-corrected chi connectivity index (χ1v) is 10.7. The molecule has 8 nitrogen and oxygen atoms in total. The van der Waals surface area contributed by atoms with Crippen molar-refractivity contribution in [3.63, 3.8) is 0 Å². The number of ether oxygens (including phenoxy) is 3. The monoisotopic (exact) mass is 422 g/mol. The molecule has 1 amide bonds. The van der Waals surface area contributed by atoms with Gasteiger partial charge in [0, 0.05) is 12.6 Å². The average Bonchev–Trinajstić information content (AvgIpc) is 2.71. The summed E-state index contributed by atoms with van der Waals surface area (Å²) >= 11 is 0. The number of carbonyl (C=O) groups is 1. The van der Waals surface area contributed by atoms with Gasteiger partial charge in [-0.05, 0) is 36.8 Å². The van der Waals surface area contributed by atoms with Crippen molar-refractivity contribution in [2.45, 2.75) is 19.5 Å². The van der Waals surface area contributed by atoms with Crippen molar-refractivity contribution in [2.24, 2.45) is 0 Å². The number of rotatable bonds is 9. The van der Waals surface area contributed by atoms with Gasteiger partial charge in [0.15, 0.2) is 11.5 Å². The molecule has 1 atom stereocenters. The van der Waals surface area contributed by atoms with Crippen LogP contribution < -0.4 is 23.8 Å². The summed E-state index contributed by atoms with van der Waals surface area (Å²) in [6.45, 7) is 1.79. The van der Waals surface area contributed by atoms with Gasteiger partial charge in [0.05, 0.1) is 33.3 Å². The highest BCUT2D eigenvalue weighted by molar-refractivity contribution is 7.92. The summed E-state index contributed by atoms with van der Waals surface area (Å²) in [6, 6.07) is 10.9. The number of hydrogen-bond acceptors (Lipinski definition) is 6. The Balaban J connectivity index is 2.22. The third-order valence-electron chi connectivity index (χ3n) is 4.34. The van der Waals surface area contributed by atoms with Crippen LogP contribution >= 0.6 is 0 Å². The van der Waals surface area contributed by atoms with Gasteiger partial charge in [-0.3, -0.25) is 9.10 Å². The minimum atomic E-state index is -3.74. The molecule has 2 aromatic carbocycles. The number of benzene rings is 2. The standard InChI is InChI=1S/C20H26N2O6S/c1-14(20(23)21-13-15-6-9-17(26-2)10-7-15)22(29(5,24)25)16-8-11-18(27-3)19(12-16)28-4/h6-12,14H,13H2,1-5H3,(H,21,23)/t14-/m1/s1. The molecule has 0 heterocycles. The largest absolute Gasteiger partial charge is 0.497 e. The zero-order valence-electron chi connectivity index (χ0n) is 17.1. The van der Waals surface area contributed by atoms with Crippen molar-refractivity contribution in [1.29, 1.82) is 0 Å². The van der Waals surface area contributed by atoms with Crippen molar-refractivity contribution in [3.05, 3.63) is 48.0 Å². The summed E-state index contributed by atoms with van der Waals surface area (Å²) in [5, 5.41) is 2.77. The van der Waals surface area contributed by atoms with Crippen LogP contribution in [-0.4, -0.2) is 48.0 Å². The summed E-state index contributed by atoms with van der Waals surface area (Å²) in [5.74, 6) is 1.11. The molecule has 0 spiro atoms. The summed E-state index contributed by atoms with van der Waals surface area (Å²) in [6.07, 6.45) is 1.05. The first-order valence-electron chi connectivity index (χ1n) is 8.83. The second kappa shape index (κ2) is 9.51. The molecule has 158 valence electrons. The Bertz CT molecular complexity index is 944. The van der Waals surface area contributed by atoms with Crippen LogP contribution in [0.1, 0.15) is 12.5 Å². The predicted molar refractivity (Wildman–Crippen MR) is 111 cm³/mol. The summed E-state index contributed by atoms with van der Waals surface area (Å²) < 4.78 is 41.5. The maximum Gasteiger partial charge on any atom is 0.243 e. The highest BCUT2D eigenvalue weighted by Crippen LogP contribution is 2.33. The van der Waals surface area contributed by atoms with Crippen LogP contribution in [0.25, 0.3) is 0 Å². The Kier molecular flexibility index (Phi) is 7.33. The van der Waals surface area contributed by atoms with E-state index in [0.29, 0.717) is 22.9 Å². The summed E-state index contributed by atoms with van der Waals surface area (Å²) in [5.41, 5.74) is 1.17. The quantitative estimate of drug-likeness (QED) is 0.666. The van der Waals surface area contributed by atoms with Crippen LogP contribution in [0.5, 0.6) is 17.2 Å². The van der Waals surface area contributed by atoms with Crippen molar-refractivity contribution < 1.29 is 27.4 Å². The van der Waals surface area contributed by atoms with Crippen LogP contribution in [0, 0.1) is 0 Å². The molecule has 0 aliphatic carbocycles. The number of nitrogens with zero attached hydrogens (tertiary/aromatic N) is 1. The maximum atomic E-state index is 12.7. The van der Waals surface area contributed by atoms with Crippen LogP contribution in [0.4, 0.5) is 5.69 Å². The van der Waals surface area contributed by atoms with E-state index in [1.165, 1.54) is 27.2 Å². The molecule has 0 saturated heterocycles. The van der Waals surface area contributed by atoms with Crippen molar-refractivity contribution in [2.75, 3.05) is 31.9 Å². The normalized spacial score (nSPS) is 12.0. The summed E-state index contributed by atoms with van der Waals surface area (Å²) in [7, 11) is 0.780. The molecular formula is C20H26N2O6S. The molecule has 2 aromatic rings. The molecule has 1 N–H and O–H groups in total. The number of methoxy groups -OCH3 is 3. The first kappa shape index (κ1) is 22.4. The molecular weight excluding hydrogens is 396 g/mol. The fourth-order valence-electron chi connectivity index (χ4n) is 2.85. The number of nitrogens with one attached hydrogen (secondary N) is 1. The number of sulfonamides is 1. The lowest BCUT2D eigenvalue weighted by atomic mass is 10.2. The van der Waals surface area contributed by atoms with Gasteiger partial charge in [0.2, 0.25) is 15.9 Å². The van der Waals surface area contributed by atoms with Crippen molar-refractivity contribution >= 4 is 21.6 Å². The van der Waals surface area contributed by atoms with E-state index in [4.69, 9.17) is 14.2 Å². The van der Waals surface area contributed by atoms with Crippen molar-refractivity contribution in [1.82, 2.24) is 5.32 Å². The lowest BCUT2D eigenvalue weighted by molar-refractivity contribution is -0.122. The molecule has 0 aliphatic rings. The lowest BCUT2D eigenvalue weighted by Gasteiger charge is -2.28. The lowest BCUT2D eigenvalue weighted by Crippen LogP contribution is -2.47. The Morgan fingerprint density at radius 1 is 1.00 bits per heavy atom. The molecule has 0 aromatic heterocycles. The van der Waals surface area contributed by atoms with E-state index in [1.807, 2.05) is 12.1 Å². The molecule has 0 unspecified atom stereocenters. The highest BCUT2D eigenvalue weighted by Gasteiger charge is 2.29. The fourth-order valence-corrected chi connectivity index (χ4v) is 4.02. The molecule has 2 rings (SSSR count). The Morgan fingerprint density at radius 2 is 1.62 bits per heavy atom. The van der Waals surface area contributed by atoms with Gasteiger partial charge in [-0.15, -0.1) is 0 Å². The van der Waals surface area contributed by atoms with Crippen molar-refractivity contribution in [3.8, 4) is 17.2 Å². The summed E-state index contributed by atoms with van der Waals surface area (Å²) in [4.78, 5) is 12.7. The molecule has 0 bridgehead atoms. The number of anilines is 1. The first-order chi connectivity index (χ1) is 13.7. The topological polar surface area (TPSA) is 94.2 Å². The van der Waals surface area contributed by atoms with Gasteiger partial charge in [0.25, 0.3) is 0 Å². The SMILES string of the molecule is COc1ccc(CNC(=O)[C@@H](C)N(c2ccc(OC)c(OC)c2)S(C)(=O)=O)cc1. The number of carbonyl (C=O) groups excluding carboxylic acids is 1. The second-order valence-electron chi connectivity index (χ2n) is 6.34. The van der Waals surface area contributed by atoms with E-state index in [9.17, 15) is 13.2 Å². The third-order valence-corrected chi connectivity index (χ3v) is 5.58. The van der Waals surface area contributed by atoms with Crippen LogP contribution in [0.15, 0.2) is 42.5 Å². The van der Waals surface area contributed by atoms with Gasteiger partial charge in [-0.2, -0.15) is 0 Å². The van der Waals surface area contributed by atoms with Crippen LogP contribution in [-0.2, 0) is 21.4 Å². The zero-order chi connectivity index (χ0) is 21.6. The zero-order valence-corrected chi connectivity index (χ0v) is 17.9. The second-order valence-corrected chi connectivity index (χ2v) is 8.20. The van der Waals surface area contributed by atoms with E-state index < -0.39 is 22.0 Å². The smallest absolute Gasteiger partial charge is 0.243 e. The molecule has 0 saturated carbocycles. The fraction of sp³-hybridized carbons (Fsp3) is 0.350. The number of amides is 1. The van der Waals surface area contributed by atoms with Gasteiger partial charge in [-0.1, -0.05) is 12.1 Å². The maximum absolute atomic E-state index is 12.7. The third kappa shape index (κ3) is 5.54. The van der Waals surface area contributed by atoms with E-state index >= 15 is 0 Å². The minimum absolute atomic E-state index is 0.261. The van der Waals surface area contributed by atoms with E-state index in [1.54, 1.807) is 31.4 Å². The van der Waals surface area contributed by atoms with Crippen LogP contribution in [0.3, 0.4) is 0 Å². The van der Waals surface area contributed by atoms with E-state index in [2.05, 4.69) is 5.32 Å². The van der Waals surface area contributed by atoms with Gasteiger partial charge in [-0.25, -0.2) is 8.42 Å². The molecule has 0 aliphatic heterocycles. The van der Waals surface area contributed by atoms with Gasteiger partial charge in [0.1, 0.15) is 11.8 Å². The molecule has 0 radical (unpaired) electrons. The Labute approximate surface area is 171 Å². The molecule has 0 fully saturated rings. The Hall–Kier alpha value is -2.94.